The molecule has 3 rings (SSSR count). The highest BCUT2D eigenvalue weighted by atomic mass is 16.6. The number of carbonyl (C=O) groups is 2. The van der Waals surface area contributed by atoms with Crippen molar-refractivity contribution in [3.8, 4) is 17.6 Å². The number of carbonyl (C=O) groups excluding carboxylic acids is 2. The number of anilines is 1. The minimum absolute atomic E-state index is 0.121. The lowest BCUT2D eigenvalue weighted by atomic mass is 10.1. The van der Waals surface area contributed by atoms with E-state index in [9.17, 15) is 25.0 Å². The number of nitrogens with zero attached hydrogens (tertiary/aromatic N) is 2. The van der Waals surface area contributed by atoms with Gasteiger partial charge in [-0.2, -0.15) is 5.26 Å². The van der Waals surface area contributed by atoms with Crippen LogP contribution in [0.4, 0.5) is 11.4 Å². The molecule has 1 amide bonds. The third-order valence-electron chi connectivity index (χ3n) is 4.69. The fraction of sp³-hybridized carbons (Fsp3) is 0.0800. The van der Waals surface area contributed by atoms with E-state index in [0.29, 0.717) is 16.8 Å². The van der Waals surface area contributed by atoms with Gasteiger partial charge in [0.05, 0.1) is 17.6 Å². The number of esters is 1. The monoisotopic (exact) mass is 457 g/mol. The standard InChI is InChI=1S/C25H19N3O6/c1-16-3-6-18(7-4-16)25(30)34-22-12-5-17(14-23(22)33-2)13-19(15-26)24(29)27-20-8-10-21(11-9-20)28(31)32/h3-14H,1-2H3,(H,27,29)/b19-13-. The maximum atomic E-state index is 12.5. The Kier molecular flexibility index (Phi) is 7.36. The number of rotatable bonds is 7. The predicted molar refractivity (Wildman–Crippen MR) is 124 cm³/mol. The van der Waals surface area contributed by atoms with Crippen LogP contribution in [-0.2, 0) is 4.79 Å². The van der Waals surface area contributed by atoms with Crippen molar-refractivity contribution in [1.82, 2.24) is 0 Å². The highest BCUT2D eigenvalue weighted by molar-refractivity contribution is 6.09. The van der Waals surface area contributed by atoms with E-state index < -0.39 is 16.8 Å². The van der Waals surface area contributed by atoms with Gasteiger partial charge in [0.25, 0.3) is 11.6 Å². The van der Waals surface area contributed by atoms with E-state index >= 15 is 0 Å². The number of benzene rings is 3. The van der Waals surface area contributed by atoms with E-state index in [-0.39, 0.29) is 22.8 Å². The van der Waals surface area contributed by atoms with Crippen LogP contribution in [0.5, 0.6) is 11.5 Å². The van der Waals surface area contributed by atoms with Crippen molar-refractivity contribution < 1.29 is 24.0 Å². The first-order chi connectivity index (χ1) is 16.3. The average Bonchev–Trinajstić information content (AvgIpc) is 2.83. The number of nitro benzene ring substituents is 1. The zero-order valence-electron chi connectivity index (χ0n) is 18.3. The summed E-state index contributed by atoms with van der Waals surface area (Å²) < 4.78 is 10.7. The SMILES string of the molecule is COc1cc(/C=C(/C#N)C(=O)Nc2ccc([N+](=O)[O-])cc2)ccc1OC(=O)c1ccc(C)cc1. The molecule has 1 N–H and O–H groups in total. The summed E-state index contributed by atoms with van der Waals surface area (Å²) in [4.78, 5) is 35.1. The van der Waals surface area contributed by atoms with Crippen LogP contribution in [0.1, 0.15) is 21.5 Å². The van der Waals surface area contributed by atoms with Gasteiger partial charge in [0.1, 0.15) is 11.6 Å². The summed E-state index contributed by atoms with van der Waals surface area (Å²) in [7, 11) is 1.40. The molecule has 0 radical (unpaired) electrons. The Morgan fingerprint density at radius 2 is 1.71 bits per heavy atom. The van der Waals surface area contributed by atoms with Crippen molar-refractivity contribution in [3.63, 3.8) is 0 Å². The molecule has 0 heterocycles. The van der Waals surface area contributed by atoms with Gasteiger partial charge in [-0.1, -0.05) is 23.8 Å². The van der Waals surface area contributed by atoms with Crippen LogP contribution in [-0.4, -0.2) is 23.9 Å². The summed E-state index contributed by atoms with van der Waals surface area (Å²) in [6, 6.07) is 18.5. The lowest BCUT2D eigenvalue weighted by molar-refractivity contribution is -0.384. The Hall–Kier alpha value is -4.97. The zero-order chi connectivity index (χ0) is 24.7. The third-order valence-corrected chi connectivity index (χ3v) is 4.69. The van der Waals surface area contributed by atoms with Crippen LogP contribution < -0.4 is 14.8 Å². The second kappa shape index (κ2) is 10.6. The van der Waals surface area contributed by atoms with Crippen molar-refractivity contribution in [1.29, 1.82) is 5.26 Å². The largest absolute Gasteiger partial charge is 0.493 e. The second-order valence-corrected chi connectivity index (χ2v) is 7.09. The molecule has 0 aliphatic rings. The Balaban J connectivity index is 1.77. The lowest BCUT2D eigenvalue weighted by Crippen LogP contribution is -2.13. The minimum atomic E-state index is -0.690. The number of methoxy groups -OCH3 is 1. The van der Waals surface area contributed by atoms with Crippen LogP contribution in [0.2, 0.25) is 0 Å². The molecule has 0 bridgehead atoms. The Morgan fingerprint density at radius 3 is 2.29 bits per heavy atom. The fourth-order valence-electron chi connectivity index (χ4n) is 2.89. The minimum Gasteiger partial charge on any atom is -0.493 e. The molecular weight excluding hydrogens is 438 g/mol. The van der Waals surface area contributed by atoms with Crippen molar-refractivity contribution in [3.05, 3.63) is 99.1 Å². The van der Waals surface area contributed by atoms with Crippen LogP contribution in [0.25, 0.3) is 6.08 Å². The maximum Gasteiger partial charge on any atom is 0.343 e. The molecule has 0 aromatic heterocycles. The van der Waals surface area contributed by atoms with E-state index in [1.165, 1.54) is 49.6 Å². The fourth-order valence-corrected chi connectivity index (χ4v) is 2.89. The molecular formula is C25H19N3O6. The summed E-state index contributed by atoms with van der Waals surface area (Å²) >= 11 is 0. The molecule has 0 saturated carbocycles. The summed E-state index contributed by atoms with van der Waals surface area (Å²) in [5.74, 6) is -0.826. The molecule has 0 fully saturated rings. The topological polar surface area (TPSA) is 132 Å². The number of hydrogen-bond acceptors (Lipinski definition) is 7. The van der Waals surface area contributed by atoms with E-state index in [1.54, 1.807) is 30.3 Å². The molecule has 9 heteroatoms. The van der Waals surface area contributed by atoms with E-state index in [1.807, 2.05) is 13.0 Å². The van der Waals surface area contributed by atoms with E-state index in [2.05, 4.69) is 5.32 Å². The van der Waals surface area contributed by atoms with Gasteiger partial charge in [-0.15, -0.1) is 0 Å². The summed E-state index contributed by atoms with van der Waals surface area (Å²) in [5.41, 5.74) is 1.83. The predicted octanol–water partition coefficient (Wildman–Crippen LogP) is 4.68. The molecule has 3 aromatic rings. The number of amides is 1. The van der Waals surface area contributed by atoms with Gasteiger partial charge in [-0.25, -0.2) is 4.79 Å². The first-order valence-corrected chi connectivity index (χ1v) is 9.95. The first kappa shape index (κ1) is 23.7. The number of ether oxygens (including phenoxy) is 2. The van der Waals surface area contributed by atoms with Gasteiger partial charge >= 0.3 is 5.97 Å². The molecule has 0 aliphatic heterocycles. The smallest absolute Gasteiger partial charge is 0.343 e. The normalized spacial score (nSPS) is 10.7. The zero-order valence-corrected chi connectivity index (χ0v) is 18.3. The Morgan fingerprint density at radius 1 is 1.03 bits per heavy atom. The second-order valence-electron chi connectivity index (χ2n) is 7.09. The molecule has 9 nitrogen and oxygen atoms in total. The van der Waals surface area contributed by atoms with E-state index in [0.717, 1.165) is 5.56 Å². The molecule has 0 saturated heterocycles. The Bertz CT molecular complexity index is 1310. The van der Waals surface area contributed by atoms with Crippen LogP contribution in [0.3, 0.4) is 0 Å². The quantitative estimate of drug-likeness (QED) is 0.136. The van der Waals surface area contributed by atoms with Gasteiger partial charge in [0.15, 0.2) is 11.5 Å². The van der Waals surface area contributed by atoms with Crippen LogP contribution in [0, 0.1) is 28.4 Å². The van der Waals surface area contributed by atoms with Crippen molar-refractivity contribution in [2.24, 2.45) is 0 Å². The summed E-state index contributed by atoms with van der Waals surface area (Å²) in [6.07, 6.45) is 1.34. The number of hydrogen-bond donors (Lipinski definition) is 1. The van der Waals surface area contributed by atoms with Crippen molar-refractivity contribution >= 4 is 29.3 Å². The van der Waals surface area contributed by atoms with Gasteiger partial charge in [0, 0.05) is 17.8 Å². The van der Waals surface area contributed by atoms with Gasteiger partial charge < -0.3 is 14.8 Å². The van der Waals surface area contributed by atoms with Gasteiger partial charge in [-0.05, 0) is 55.0 Å². The van der Waals surface area contributed by atoms with Crippen molar-refractivity contribution in [2.45, 2.75) is 6.92 Å². The average molecular weight is 457 g/mol. The molecule has 0 spiro atoms. The number of nitrogens with one attached hydrogen (secondary N) is 1. The summed E-state index contributed by atoms with van der Waals surface area (Å²) in [5, 5.41) is 22.7. The molecule has 0 aliphatic carbocycles. The number of non-ortho nitro benzene ring substituents is 1. The highest BCUT2D eigenvalue weighted by Crippen LogP contribution is 2.30. The Labute approximate surface area is 195 Å². The lowest BCUT2D eigenvalue weighted by Gasteiger charge is -2.10. The highest BCUT2D eigenvalue weighted by Gasteiger charge is 2.15. The molecule has 3 aromatic carbocycles. The maximum absolute atomic E-state index is 12.5. The van der Waals surface area contributed by atoms with Gasteiger partial charge in [0.2, 0.25) is 0 Å². The van der Waals surface area contributed by atoms with E-state index in [4.69, 9.17) is 9.47 Å². The van der Waals surface area contributed by atoms with Crippen molar-refractivity contribution in [2.75, 3.05) is 12.4 Å². The first-order valence-electron chi connectivity index (χ1n) is 9.95. The van der Waals surface area contributed by atoms with Gasteiger partial charge in [-0.3, -0.25) is 14.9 Å². The summed E-state index contributed by atoms with van der Waals surface area (Å²) in [6.45, 7) is 1.91. The molecule has 0 unspecified atom stereocenters. The number of nitro groups is 1. The number of nitriles is 1. The van der Waals surface area contributed by atoms with Crippen LogP contribution >= 0.6 is 0 Å². The third kappa shape index (κ3) is 5.83. The van der Waals surface area contributed by atoms with Crippen LogP contribution in [0.15, 0.2) is 72.3 Å². The molecule has 170 valence electrons. The molecule has 0 atom stereocenters. The molecule has 34 heavy (non-hydrogen) atoms. The number of aryl methyl sites for hydroxylation is 1.